The van der Waals surface area contributed by atoms with Crippen molar-refractivity contribution in [3.8, 4) is 0 Å². The van der Waals surface area contributed by atoms with E-state index in [9.17, 15) is 0 Å². The molecule has 0 amide bonds. The molecule has 0 aliphatic carbocycles. The van der Waals surface area contributed by atoms with Crippen molar-refractivity contribution >= 4 is 146 Å². The molecule has 8 aromatic rings. The van der Waals surface area contributed by atoms with Crippen molar-refractivity contribution in [1.82, 2.24) is 0 Å². The second-order valence-electron chi connectivity index (χ2n) is 26.3. The lowest BCUT2D eigenvalue weighted by Crippen LogP contribution is -2.45. The Bertz CT molecular complexity index is 2900. The normalized spacial score (nSPS) is 13.3. The number of anilines is 6. The lowest BCUT2D eigenvalue weighted by atomic mass is 9.88. The van der Waals surface area contributed by atoms with Crippen molar-refractivity contribution in [3.63, 3.8) is 0 Å². The molecule has 0 aliphatic rings. The van der Waals surface area contributed by atoms with E-state index in [1.807, 2.05) is 0 Å². The van der Waals surface area contributed by atoms with Crippen LogP contribution in [0.2, 0.25) is 118 Å². The lowest BCUT2D eigenvalue weighted by molar-refractivity contribution is 1.29. The molecule has 0 unspecified atom stereocenters. The second-order valence-corrected chi connectivity index (χ2v) is 56.8. The van der Waals surface area contributed by atoms with Gasteiger partial charge in [-0.1, -0.05) is 210 Å². The molecule has 0 aromatic heterocycles. The van der Waals surface area contributed by atoms with E-state index in [4.69, 9.17) is 0 Å². The lowest BCUT2D eigenvalue weighted by Gasteiger charge is -2.33. The van der Waals surface area contributed by atoms with Gasteiger partial charge in [-0.3, -0.25) is 0 Å². The maximum atomic E-state index is 2.63. The van der Waals surface area contributed by atoms with Gasteiger partial charge in [0.05, 0.1) is 59.8 Å². The second kappa shape index (κ2) is 17.2. The summed E-state index contributed by atoms with van der Waals surface area (Å²) in [6.45, 7) is 49.5. The predicted octanol–water partition coefficient (Wildman–Crippen LogP) is 15.4. The molecule has 0 aliphatic heterocycles. The van der Waals surface area contributed by atoms with Crippen molar-refractivity contribution < 1.29 is 0 Å². The standard InChI is InChI=1S/C60H80N2Si6/c1-41-33-57(61(43-21-25-47(26-22-43)63(3,4)5)45-35-49(65(9,10)11)39-50(36-45)66(12,13)14)55-32-30-54-42(2)34-58(56-31-29-53(41)59(55)60(54)56)62(44-23-27-48(28-24-44)64(6,7)8)46-37-51(67(15,16)17)40-52(38-46)68(18,19)20/h21-40H,1-20H3. The zero-order valence-electron chi connectivity index (χ0n) is 45.4. The quantitative estimate of drug-likeness (QED) is 0.0889. The van der Waals surface area contributed by atoms with Gasteiger partial charge in [-0.25, -0.2) is 0 Å². The number of hydrogen-bond donors (Lipinski definition) is 0. The molecule has 0 spiro atoms. The van der Waals surface area contributed by atoms with E-state index >= 15 is 0 Å². The molecule has 8 rings (SSSR count). The Morgan fingerprint density at radius 3 is 0.750 bits per heavy atom. The van der Waals surface area contributed by atoms with Crippen LogP contribution in [-0.2, 0) is 0 Å². The summed E-state index contributed by atoms with van der Waals surface area (Å²) in [4.78, 5) is 5.25. The van der Waals surface area contributed by atoms with Crippen LogP contribution in [0.15, 0.2) is 121 Å². The van der Waals surface area contributed by atoms with Crippen LogP contribution >= 0.6 is 0 Å². The van der Waals surface area contributed by atoms with E-state index < -0.39 is 48.4 Å². The molecule has 0 saturated carbocycles. The van der Waals surface area contributed by atoms with E-state index in [0.717, 1.165) is 0 Å². The smallest absolute Gasteiger partial charge is 0.0776 e. The van der Waals surface area contributed by atoms with Gasteiger partial charge >= 0.3 is 0 Å². The van der Waals surface area contributed by atoms with Crippen LogP contribution in [0.5, 0.6) is 0 Å². The summed E-state index contributed by atoms with van der Waals surface area (Å²) in [6, 6.07) is 49.4. The Labute approximate surface area is 417 Å². The van der Waals surface area contributed by atoms with Crippen molar-refractivity contribution in [2.45, 2.75) is 132 Å². The van der Waals surface area contributed by atoms with Gasteiger partial charge in [0.25, 0.3) is 0 Å². The third kappa shape index (κ3) is 9.62. The van der Waals surface area contributed by atoms with Crippen LogP contribution in [0.1, 0.15) is 11.1 Å². The molecule has 2 nitrogen and oxygen atoms in total. The SMILES string of the molecule is Cc1cc(N(c2ccc([Si](C)(C)C)cc2)c2cc([Si](C)(C)C)cc([Si](C)(C)C)c2)c2ccc3c(C)cc(N(c4ccc([Si](C)(C)C)cc4)c4cc([Si](C)(C)C)cc([Si](C)(C)C)c4)c4ccc1c2c34. The first-order valence-corrected chi connectivity index (χ1v) is 46.2. The van der Waals surface area contributed by atoms with Gasteiger partial charge in [-0.2, -0.15) is 0 Å². The van der Waals surface area contributed by atoms with Crippen LogP contribution in [0.4, 0.5) is 34.1 Å². The third-order valence-electron chi connectivity index (χ3n) is 14.5. The van der Waals surface area contributed by atoms with Gasteiger partial charge in [-0.05, 0) is 107 Å². The van der Waals surface area contributed by atoms with Gasteiger partial charge in [-0.15, -0.1) is 0 Å². The molecule has 0 fully saturated rings. The predicted molar refractivity (Wildman–Crippen MR) is 327 cm³/mol. The zero-order chi connectivity index (χ0) is 49.8. The summed E-state index contributed by atoms with van der Waals surface area (Å²) in [7, 11) is -9.82. The molecule has 8 heteroatoms. The summed E-state index contributed by atoms with van der Waals surface area (Å²) >= 11 is 0. The van der Waals surface area contributed by atoms with Gasteiger partial charge in [0.15, 0.2) is 0 Å². The molecule has 0 radical (unpaired) electrons. The first kappa shape index (κ1) is 50.1. The highest BCUT2D eigenvalue weighted by molar-refractivity contribution is 6.93. The minimum absolute atomic E-state index is 1.22. The highest BCUT2D eigenvalue weighted by Gasteiger charge is 2.30. The van der Waals surface area contributed by atoms with Gasteiger partial charge in [0.2, 0.25) is 0 Å². The minimum atomic E-state index is -1.69. The summed E-state index contributed by atoms with van der Waals surface area (Å²) in [5, 5.41) is 17.1. The largest absolute Gasteiger partial charge is 0.310 e. The molecule has 354 valence electrons. The Kier molecular flexibility index (Phi) is 12.7. The van der Waals surface area contributed by atoms with Crippen LogP contribution in [-0.4, -0.2) is 48.4 Å². The fraction of sp³-hybridized carbons (Fsp3) is 0.333. The number of benzene rings is 8. The molecule has 0 N–H and O–H groups in total. The van der Waals surface area contributed by atoms with Crippen LogP contribution in [0, 0.1) is 13.8 Å². The van der Waals surface area contributed by atoms with E-state index in [0.29, 0.717) is 0 Å². The molecule has 0 heterocycles. The average molecular weight is 998 g/mol. The zero-order valence-corrected chi connectivity index (χ0v) is 51.4. The summed E-state index contributed by atoms with van der Waals surface area (Å²) in [5.74, 6) is 0. The minimum Gasteiger partial charge on any atom is -0.310 e. The maximum Gasteiger partial charge on any atom is 0.0776 e. The average Bonchev–Trinajstić information content (AvgIpc) is 3.23. The number of aryl methyl sites for hydroxylation is 2. The molecular weight excluding hydrogens is 917 g/mol. The number of hydrogen-bond acceptors (Lipinski definition) is 2. The highest BCUT2D eigenvalue weighted by atomic mass is 28.3. The van der Waals surface area contributed by atoms with Crippen molar-refractivity contribution in [2.24, 2.45) is 0 Å². The van der Waals surface area contributed by atoms with Crippen molar-refractivity contribution in [2.75, 3.05) is 9.80 Å². The van der Waals surface area contributed by atoms with Crippen molar-refractivity contribution in [3.05, 3.63) is 132 Å². The Morgan fingerprint density at radius 1 is 0.250 bits per heavy atom. The Morgan fingerprint density at radius 2 is 0.500 bits per heavy atom. The molecule has 68 heavy (non-hydrogen) atoms. The molecule has 0 bridgehead atoms. The molecular formula is C60H80N2Si6. The van der Waals surface area contributed by atoms with E-state index in [1.54, 1.807) is 0 Å². The summed E-state index contributed by atoms with van der Waals surface area (Å²) < 4.78 is 0. The molecule has 8 aromatic carbocycles. The van der Waals surface area contributed by atoms with Crippen LogP contribution in [0.25, 0.3) is 32.3 Å². The summed E-state index contributed by atoms with van der Waals surface area (Å²) in [5.41, 5.74) is 10.1. The van der Waals surface area contributed by atoms with E-state index in [2.05, 4.69) is 263 Å². The Hall–Kier alpha value is -4.30. The van der Waals surface area contributed by atoms with E-state index in [-0.39, 0.29) is 0 Å². The Balaban J connectivity index is 1.48. The van der Waals surface area contributed by atoms with Crippen LogP contribution < -0.4 is 40.9 Å². The topological polar surface area (TPSA) is 6.48 Å². The van der Waals surface area contributed by atoms with E-state index in [1.165, 1.54) is 109 Å². The molecule has 0 atom stereocenters. The fourth-order valence-corrected chi connectivity index (χ4v) is 17.3. The first-order chi connectivity index (χ1) is 31.3. The van der Waals surface area contributed by atoms with Gasteiger partial charge in [0.1, 0.15) is 0 Å². The third-order valence-corrected chi connectivity index (χ3v) is 26.8. The van der Waals surface area contributed by atoms with Gasteiger partial charge < -0.3 is 9.80 Å². The maximum absolute atomic E-state index is 2.63. The monoisotopic (exact) mass is 996 g/mol. The highest BCUT2D eigenvalue weighted by Crippen LogP contribution is 2.49. The van der Waals surface area contributed by atoms with Crippen LogP contribution in [0.3, 0.4) is 0 Å². The van der Waals surface area contributed by atoms with Gasteiger partial charge in [0, 0.05) is 33.5 Å². The number of nitrogens with zero attached hydrogens (tertiary/aromatic N) is 2. The molecule has 0 saturated heterocycles. The summed E-state index contributed by atoms with van der Waals surface area (Å²) in [6.07, 6.45) is 0. The first-order valence-electron chi connectivity index (χ1n) is 25.2. The van der Waals surface area contributed by atoms with Crippen molar-refractivity contribution in [1.29, 1.82) is 0 Å². The fourth-order valence-electron chi connectivity index (χ4n) is 9.96. The number of rotatable bonds is 12.